The Balaban J connectivity index is 1.95. The van der Waals surface area contributed by atoms with Crippen molar-refractivity contribution in [1.82, 2.24) is 0 Å². The van der Waals surface area contributed by atoms with Crippen LogP contribution < -0.4 is 0 Å². The van der Waals surface area contributed by atoms with Crippen LogP contribution in [0.5, 0.6) is 0 Å². The number of hydrogen-bond acceptors (Lipinski definition) is 1. The highest BCUT2D eigenvalue weighted by Gasteiger charge is 2.56. The Kier molecular flexibility index (Phi) is 0.781. The number of carbonyl (C=O) groups excluding carboxylic acids is 1. The summed E-state index contributed by atoms with van der Waals surface area (Å²) in [6.07, 6.45) is 5.11. The van der Waals surface area contributed by atoms with E-state index in [4.69, 9.17) is 0 Å². The van der Waals surface area contributed by atoms with E-state index in [0.29, 0.717) is 11.7 Å². The molecule has 0 aromatic carbocycles. The number of hydrogen-bond donors (Lipinski definition) is 0. The van der Waals surface area contributed by atoms with Gasteiger partial charge in [0.1, 0.15) is 5.78 Å². The first-order valence-corrected chi connectivity index (χ1v) is 4.39. The van der Waals surface area contributed by atoms with E-state index >= 15 is 0 Å². The fourth-order valence-corrected chi connectivity index (χ4v) is 3.41. The van der Waals surface area contributed by atoms with Crippen molar-refractivity contribution >= 4 is 5.78 Å². The molecular weight excluding hydrogens is 124 g/mol. The van der Waals surface area contributed by atoms with Crippen molar-refractivity contribution in [2.24, 2.45) is 23.7 Å². The summed E-state index contributed by atoms with van der Waals surface area (Å²) >= 11 is 0. The maximum Gasteiger partial charge on any atom is 0.136 e. The molecule has 0 spiro atoms. The van der Waals surface area contributed by atoms with Crippen LogP contribution in [-0.2, 0) is 4.79 Å². The molecule has 0 radical (unpaired) electrons. The zero-order valence-corrected chi connectivity index (χ0v) is 6.05. The van der Waals surface area contributed by atoms with Crippen LogP contribution in [0.3, 0.4) is 0 Å². The highest BCUT2D eigenvalue weighted by Crippen LogP contribution is 2.59. The molecule has 0 heterocycles. The lowest BCUT2D eigenvalue weighted by atomic mass is 9.65. The smallest absolute Gasteiger partial charge is 0.136 e. The summed E-state index contributed by atoms with van der Waals surface area (Å²) in [5.41, 5.74) is 0. The van der Waals surface area contributed by atoms with Gasteiger partial charge in [-0.2, -0.15) is 0 Å². The molecule has 0 amide bonds. The Morgan fingerprint density at radius 3 is 2.60 bits per heavy atom. The van der Waals surface area contributed by atoms with Crippen LogP contribution in [0.1, 0.15) is 25.7 Å². The maximum atomic E-state index is 11.1. The van der Waals surface area contributed by atoms with Gasteiger partial charge in [-0.1, -0.05) is 0 Å². The summed E-state index contributed by atoms with van der Waals surface area (Å²) in [5.74, 6) is 3.78. The van der Waals surface area contributed by atoms with Gasteiger partial charge in [0, 0.05) is 12.3 Å². The number of Topliss-reactive ketones (excluding diaryl/α,β-unsaturated/α-hetero) is 1. The molecule has 2 bridgehead atoms. The second-order valence-corrected chi connectivity index (χ2v) is 4.19. The Morgan fingerprint density at radius 1 is 1.20 bits per heavy atom. The SMILES string of the molecule is O=C1CC2C3CCC(C3)C12. The van der Waals surface area contributed by atoms with Gasteiger partial charge in [-0.3, -0.25) is 4.79 Å². The summed E-state index contributed by atoms with van der Waals surface area (Å²) in [6.45, 7) is 0. The topological polar surface area (TPSA) is 17.1 Å². The third-order valence-corrected chi connectivity index (χ3v) is 3.90. The van der Waals surface area contributed by atoms with Crippen molar-refractivity contribution < 1.29 is 4.79 Å². The van der Waals surface area contributed by atoms with Gasteiger partial charge in [-0.15, -0.1) is 0 Å². The number of carbonyl (C=O) groups is 1. The molecule has 3 rings (SSSR count). The summed E-state index contributed by atoms with van der Waals surface area (Å²) in [6, 6.07) is 0. The van der Waals surface area contributed by atoms with Crippen molar-refractivity contribution in [3.05, 3.63) is 0 Å². The van der Waals surface area contributed by atoms with E-state index < -0.39 is 0 Å². The molecule has 54 valence electrons. The number of rotatable bonds is 0. The average molecular weight is 136 g/mol. The molecule has 10 heavy (non-hydrogen) atoms. The van der Waals surface area contributed by atoms with E-state index in [0.717, 1.165) is 24.2 Å². The molecule has 3 fully saturated rings. The van der Waals surface area contributed by atoms with Gasteiger partial charge in [-0.05, 0) is 37.0 Å². The summed E-state index contributed by atoms with van der Waals surface area (Å²) in [5, 5.41) is 0. The van der Waals surface area contributed by atoms with Crippen molar-refractivity contribution in [2.75, 3.05) is 0 Å². The summed E-state index contributed by atoms with van der Waals surface area (Å²) < 4.78 is 0. The molecular formula is C9H12O. The first-order valence-electron chi connectivity index (χ1n) is 4.39. The highest BCUT2D eigenvalue weighted by atomic mass is 16.1. The van der Waals surface area contributed by atoms with Gasteiger partial charge < -0.3 is 0 Å². The zero-order valence-electron chi connectivity index (χ0n) is 6.05. The fraction of sp³-hybridized carbons (Fsp3) is 0.889. The molecule has 0 saturated heterocycles. The molecule has 4 atom stereocenters. The highest BCUT2D eigenvalue weighted by molar-refractivity contribution is 5.88. The minimum Gasteiger partial charge on any atom is -0.299 e. The zero-order chi connectivity index (χ0) is 6.72. The number of ketones is 1. The molecule has 3 aliphatic carbocycles. The minimum atomic E-state index is 0.554. The minimum absolute atomic E-state index is 0.554. The van der Waals surface area contributed by atoms with E-state index in [-0.39, 0.29) is 0 Å². The fourth-order valence-electron chi connectivity index (χ4n) is 3.41. The molecule has 0 aromatic heterocycles. The van der Waals surface area contributed by atoms with Crippen LogP contribution in [0.4, 0.5) is 0 Å². The van der Waals surface area contributed by atoms with Crippen LogP contribution in [-0.4, -0.2) is 5.78 Å². The number of fused-ring (bicyclic) bond motifs is 5. The van der Waals surface area contributed by atoms with Gasteiger partial charge in [-0.25, -0.2) is 0 Å². The lowest BCUT2D eigenvalue weighted by Gasteiger charge is -2.38. The largest absolute Gasteiger partial charge is 0.299 e. The van der Waals surface area contributed by atoms with Crippen LogP contribution in [0, 0.1) is 23.7 Å². The lowest BCUT2D eigenvalue weighted by molar-refractivity contribution is -0.136. The molecule has 3 saturated carbocycles. The second kappa shape index (κ2) is 1.46. The van der Waals surface area contributed by atoms with E-state index in [9.17, 15) is 4.79 Å². The third-order valence-electron chi connectivity index (χ3n) is 3.90. The predicted octanol–water partition coefficient (Wildman–Crippen LogP) is 1.62. The van der Waals surface area contributed by atoms with Crippen LogP contribution in [0.2, 0.25) is 0 Å². The predicted molar refractivity (Wildman–Crippen MR) is 37.4 cm³/mol. The van der Waals surface area contributed by atoms with Crippen LogP contribution in [0.25, 0.3) is 0 Å². The van der Waals surface area contributed by atoms with E-state index in [1.165, 1.54) is 19.3 Å². The normalized spacial score (nSPS) is 56.6. The quantitative estimate of drug-likeness (QED) is 0.494. The van der Waals surface area contributed by atoms with Gasteiger partial charge >= 0.3 is 0 Å². The second-order valence-electron chi connectivity index (χ2n) is 4.19. The molecule has 0 N–H and O–H groups in total. The van der Waals surface area contributed by atoms with Crippen molar-refractivity contribution in [1.29, 1.82) is 0 Å². The Bertz CT molecular complexity index is 195. The lowest BCUT2D eigenvalue weighted by Crippen LogP contribution is -2.41. The molecule has 4 unspecified atom stereocenters. The van der Waals surface area contributed by atoms with Crippen molar-refractivity contribution in [3.63, 3.8) is 0 Å². The first-order chi connectivity index (χ1) is 4.86. The summed E-state index contributed by atoms with van der Waals surface area (Å²) in [7, 11) is 0. The average Bonchev–Trinajstić information content (AvgIpc) is 2.40. The third kappa shape index (κ3) is 0.415. The van der Waals surface area contributed by atoms with Crippen LogP contribution >= 0.6 is 0 Å². The van der Waals surface area contributed by atoms with E-state index in [1.807, 2.05) is 0 Å². The van der Waals surface area contributed by atoms with Crippen LogP contribution in [0.15, 0.2) is 0 Å². The van der Waals surface area contributed by atoms with Gasteiger partial charge in [0.2, 0.25) is 0 Å². The molecule has 0 aliphatic heterocycles. The van der Waals surface area contributed by atoms with Crippen molar-refractivity contribution in [2.45, 2.75) is 25.7 Å². The van der Waals surface area contributed by atoms with Gasteiger partial charge in [0.05, 0.1) is 0 Å². The van der Waals surface area contributed by atoms with E-state index in [2.05, 4.69) is 0 Å². The van der Waals surface area contributed by atoms with Gasteiger partial charge in [0.25, 0.3) is 0 Å². The molecule has 1 nitrogen and oxygen atoms in total. The Morgan fingerprint density at radius 2 is 2.00 bits per heavy atom. The van der Waals surface area contributed by atoms with E-state index in [1.54, 1.807) is 0 Å². The standard InChI is InChI=1S/C9H12O/c10-8-4-7-5-1-2-6(3-5)9(7)8/h5-7,9H,1-4H2. The maximum absolute atomic E-state index is 11.1. The molecule has 1 heteroatoms. The van der Waals surface area contributed by atoms with Crippen molar-refractivity contribution in [3.8, 4) is 0 Å². The monoisotopic (exact) mass is 136 g/mol. The first kappa shape index (κ1) is 5.34. The molecule has 0 aromatic rings. The summed E-state index contributed by atoms with van der Waals surface area (Å²) in [4.78, 5) is 11.1. The molecule has 3 aliphatic rings. The van der Waals surface area contributed by atoms with Gasteiger partial charge in [0.15, 0.2) is 0 Å². The Hall–Kier alpha value is -0.330. The Labute approximate surface area is 60.8 Å².